The molecule has 0 saturated carbocycles. The van der Waals surface area contributed by atoms with Gasteiger partial charge < -0.3 is 19.7 Å². The monoisotopic (exact) mass is 263 g/mol. The molecule has 0 aliphatic carbocycles. The van der Waals surface area contributed by atoms with Crippen LogP contribution in [0.1, 0.15) is 31.2 Å². The van der Waals surface area contributed by atoms with Gasteiger partial charge in [-0.15, -0.1) is 0 Å². The summed E-state index contributed by atoms with van der Waals surface area (Å²) in [7, 11) is 1.51. The number of aromatic hydroxyl groups is 1. The van der Waals surface area contributed by atoms with Crippen molar-refractivity contribution in [2.45, 2.75) is 26.3 Å². The Morgan fingerprint density at radius 2 is 2.21 bits per heavy atom. The fourth-order valence-corrected chi connectivity index (χ4v) is 1.59. The Hall–Kier alpha value is -2.24. The summed E-state index contributed by atoms with van der Waals surface area (Å²) in [5.74, 6) is 1.41. The fourth-order valence-electron chi connectivity index (χ4n) is 1.59. The Morgan fingerprint density at radius 3 is 2.84 bits per heavy atom. The van der Waals surface area contributed by atoms with E-state index in [4.69, 9.17) is 9.26 Å². The number of nitrogens with zero attached hydrogens (tertiary/aromatic N) is 2. The molecule has 6 heteroatoms. The SMILES string of the molecule is COc1cccc(CNc2nc(C(C)C)no2)c1O. The highest BCUT2D eigenvalue weighted by molar-refractivity contribution is 5.46. The third-order valence-electron chi connectivity index (χ3n) is 2.69. The number of phenols is 1. The Kier molecular flexibility index (Phi) is 3.89. The van der Waals surface area contributed by atoms with Crippen molar-refractivity contribution in [1.29, 1.82) is 0 Å². The number of nitrogens with one attached hydrogen (secondary N) is 1. The molecule has 0 spiro atoms. The van der Waals surface area contributed by atoms with E-state index < -0.39 is 0 Å². The minimum atomic E-state index is 0.112. The van der Waals surface area contributed by atoms with Gasteiger partial charge in [-0.1, -0.05) is 31.1 Å². The summed E-state index contributed by atoms with van der Waals surface area (Å²) in [6, 6.07) is 5.64. The van der Waals surface area contributed by atoms with Crippen molar-refractivity contribution >= 4 is 6.01 Å². The van der Waals surface area contributed by atoms with Crippen LogP contribution >= 0.6 is 0 Å². The number of anilines is 1. The standard InChI is InChI=1S/C13H17N3O3/c1-8(2)12-15-13(19-16-12)14-7-9-5-4-6-10(18-3)11(9)17/h4-6,8,17H,7H2,1-3H3,(H,14,15,16). The normalized spacial score (nSPS) is 10.7. The molecule has 0 aliphatic heterocycles. The molecular weight excluding hydrogens is 246 g/mol. The van der Waals surface area contributed by atoms with Gasteiger partial charge in [0.05, 0.1) is 7.11 Å². The van der Waals surface area contributed by atoms with E-state index >= 15 is 0 Å². The van der Waals surface area contributed by atoms with Crippen LogP contribution in [-0.2, 0) is 6.54 Å². The van der Waals surface area contributed by atoms with E-state index in [1.807, 2.05) is 19.9 Å². The van der Waals surface area contributed by atoms with Crippen LogP contribution in [0.15, 0.2) is 22.7 Å². The molecule has 2 N–H and O–H groups in total. The van der Waals surface area contributed by atoms with Crippen molar-refractivity contribution < 1.29 is 14.4 Å². The third-order valence-corrected chi connectivity index (χ3v) is 2.69. The van der Waals surface area contributed by atoms with Crippen LogP contribution in [0.25, 0.3) is 0 Å². The van der Waals surface area contributed by atoms with Crippen molar-refractivity contribution in [3.05, 3.63) is 29.6 Å². The summed E-state index contributed by atoms with van der Waals surface area (Å²) in [4.78, 5) is 4.20. The number of aromatic nitrogens is 2. The molecule has 0 radical (unpaired) electrons. The summed E-state index contributed by atoms with van der Waals surface area (Å²) in [6.45, 7) is 4.35. The Labute approximate surface area is 111 Å². The quantitative estimate of drug-likeness (QED) is 0.862. The molecule has 1 aromatic carbocycles. The van der Waals surface area contributed by atoms with Crippen molar-refractivity contribution in [3.8, 4) is 11.5 Å². The number of para-hydroxylation sites is 1. The first-order chi connectivity index (χ1) is 9.11. The summed E-state index contributed by atoms with van der Waals surface area (Å²) >= 11 is 0. The maximum Gasteiger partial charge on any atom is 0.321 e. The van der Waals surface area contributed by atoms with Crippen LogP contribution in [0.5, 0.6) is 11.5 Å². The molecule has 6 nitrogen and oxygen atoms in total. The molecule has 1 heterocycles. The fraction of sp³-hybridized carbons (Fsp3) is 0.385. The predicted molar refractivity (Wildman–Crippen MR) is 70.4 cm³/mol. The smallest absolute Gasteiger partial charge is 0.321 e. The van der Waals surface area contributed by atoms with Crippen molar-refractivity contribution in [3.63, 3.8) is 0 Å². The summed E-state index contributed by atoms with van der Waals surface area (Å²) in [6.07, 6.45) is 0. The van der Waals surface area contributed by atoms with Gasteiger partial charge in [0.1, 0.15) is 0 Å². The van der Waals surface area contributed by atoms with E-state index in [1.165, 1.54) is 7.11 Å². The number of hydrogen-bond donors (Lipinski definition) is 2. The molecule has 102 valence electrons. The zero-order chi connectivity index (χ0) is 13.8. The molecule has 0 amide bonds. The van der Waals surface area contributed by atoms with Crippen LogP contribution in [0.4, 0.5) is 6.01 Å². The number of hydrogen-bond acceptors (Lipinski definition) is 6. The van der Waals surface area contributed by atoms with E-state index in [1.54, 1.807) is 12.1 Å². The van der Waals surface area contributed by atoms with Crippen molar-refractivity contribution in [2.75, 3.05) is 12.4 Å². The molecule has 1 aromatic heterocycles. The first-order valence-corrected chi connectivity index (χ1v) is 6.04. The molecule has 19 heavy (non-hydrogen) atoms. The third kappa shape index (κ3) is 2.96. The molecule has 0 atom stereocenters. The van der Waals surface area contributed by atoms with Gasteiger partial charge in [-0.05, 0) is 6.07 Å². The molecule has 2 rings (SSSR count). The number of rotatable bonds is 5. The van der Waals surface area contributed by atoms with E-state index in [-0.39, 0.29) is 11.7 Å². The highest BCUT2D eigenvalue weighted by Crippen LogP contribution is 2.29. The van der Waals surface area contributed by atoms with Crippen molar-refractivity contribution in [2.24, 2.45) is 0 Å². The second kappa shape index (κ2) is 5.60. The number of ether oxygens (including phenoxy) is 1. The zero-order valence-electron chi connectivity index (χ0n) is 11.2. The second-order valence-corrected chi connectivity index (χ2v) is 4.43. The lowest BCUT2D eigenvalue weighted by Gasteiger charge is -2.08. The average Bonchev–Trinajstić information content (AvgIpc) is 2.86. The second-order valence-electron chi connectivity index (χ2n) is 4.43. The summed E-state index contributed by atoms with van der Waals surface area (Å²) in [5, 5.41) is 16.7. The van der Waals surface area contributed by atoms with E-state index in [0.29, 0.717) is 29.7 Å². The minimum absolute atomic E-state index is 0.112. The van der Waals surface area contributed by atoms with Gasteiger partial charge in [-0.25, -0.2) is 0 Å². The number of benzene rings is 1. The summed E-state index contributed by atoms with van der Waals surface area (Å²) < 4.78 is 10.1. The van der Waals surface area contributed by atoms with Gasteiger partial charge >= 0.3 is 6.01 Å². The van der Waals surface area contributed by atoms with Gasteiger partial charge in [-0.2, -0.15) is 4.98 Å². The number of phenolic OH excluding ortho intramolecular Hbond substituents is 1. The van der Waals surface area contributed by atoms with Gasteiger partial charge in [0.2, 0.25) is 0 Å². The largest absolute Gasteiger partial charge is 0.504 e. The van der Waals surface area contributed by atoms with Crippen LogP contribution in [0.3, 0.4) is 0 Å². The van der Waals surface area contributed by atoms with Crippen LogP contribution in [0, 0.1) is 0 Å². The minimum Gasteiger partial charge on any atom is -0.504 e. The average molecular weight is 263 g/mol. The lowest BCUT2D eigenvalue weighted by atomic mass is 10.2. The first-order valence-electron chi connectivity index (χ1n) is 6.04. The molecule has 0 fully saturated rings. The van der Waals surface area contributed by atoms with Crippen molar-refractivity contribution in [1.82, 2.24) is 10.1 Å². The molecule has 0 unspecified atom stereocenters. The van der Waals surface area contributed by atoms with E-state index in [0.717, 1.165) is 0 Å². The lowest BCUT2D eigenvalue weighted by Crippen LogP contribution is -2.01. The number of methoxy groups -OCH3 is 1. The first kappa shape index (κ1) is 13.2. The Morgan fingerprint density at radius 1 is 1.42 bits per heavy atom. The highest BCUT2D eigenvalue weighted by atomic mass is 16.5. The topological polar surface area (TPSA) is 80.4 Å². The van der Waals surface area contributed by atoms with Crippen LogP contribution < -0.4 is 10.1 Å². The maximum absolute atomic E-state index is 9.93. The van der Waals surface area contributed by atoms with Crippen LogP contribution in [0.2, 0.25) is 0 Å². The molecular formula is C13H17N3O3. The lowest BCUT2D eigenvalue weighted by molar-refractivity contribution is 0.370. The van der Waals surface area contributed by atoms with Gasteiger partial charge in [0, 0.05) is 18.0 Å². The Balaban J connectivity index is 2.06. The predicted octanol–water partition coefficient (Wildman–Crippen LogP) is 2.52. The van der Waals surface area contributed by atoms with Gasteiger partial charge in [-0.3, -0.25) is 0 Å². The maximum atomic E-state index is 9.93. The van der Waals surface area contributed by atoms with Gasteiger partial charge in [0.15, 0.2) is 17.3 Å². The van der Waals surface area contributed by atoms with E-state index in [9.17, 15) is 5.11 Å². The van der Waals surface area contributed by atoms with E-state index in [2.05, 4.69) is 15.5 Å². The molecule has 2 aromatic rings. The van der Waals surface area contributed by atoms with Gasteiger partial charge in [0.25, 0.3) is 0 Å². The Bertz CT molecular complexity index is 552. The summed E-state index contributed by atoms with van der Waals surface area (Å²) in [5.41, 5.74) is 0.698. The molecule has 0 bridgehead atoms. The highest BCUT2D eigenvalue weighted by Gasteiger charge is 2.11. The van der Waals surface area contributed by atoms with Crippen LogP contribution in [-0.4, -0.2) is 22.4 Å². The zero-order valence-corrected chi connectivity index (χ0v) is 11.2. The molecule has 0 aliphatic rings. The molecule has 0 saturated heterocycles.